The first-order chi connectivity index (χ1) is 38.5. The van der Waals surface area contributed by atoms with Crippen LogP contribution in [0.3, 0.4) is 0 Å². The van der Waals surface area contributed by atoms with Crippen LogP contribution in [0, 0.1) is 0 Å². The molecular formula is C72H124O6. The molecule has 0 amide bonds. The first kappa shape index (κ1) is 74.3. The number of carbonyl (C=O) groups is 3. The molecule has 1 atom stereocenters. The molecule has 6 nitrogen and oxygen atoms in total. The van der Waals surface area contributed by atoms with Gasteiger partial charge in [0.2, 0.25) is 0 Å². The average molecular weight is 1090 g/mol. The van der Waals surface area contributed by atoms with Gasteiger partial charge in [0, 0.05) is 19.3 Å². The van der Waals surface area contributed by atoms with E-state index in [1.165, 1.54) is 173 Å². The molecule has 0 aromatic rings. The van der Waals surface area contributed by atoms with Crippen molar-refractivity contribution < 1.29 is 28.6 Å². The zero-order valence-corrected chi connectivity index (χ0v) is 51.4. The molecule has 0 bridgehead atoms. The van der Waals surface area contributed by atoms with E-state index in [0.717, 1.165) is 103 Å². The van der Waals surface area contributed by atoms with Gasteiger partial charge in [-0.25, -0.2) is 0 Å². The molecule has 78 heavy (non-hydrogen) atoms. The van der Waals surface area contributed by atoms with Crippen molar-refractivity contribution in [1.29, 1.82) is 0 Å². The highest BCUT2D eigenvalue weighted by Gasteiger charge is 2.19. The summed E-state index contributed by atoms with van der Waals surface area (Å²) in [5, 5.41) is 0. The lowest BCUT2D eigenvalue weighted by Crippen LogP contribution is -2.30. The molecule has 0 saturated carbocycles. The topological polar surface area (TPSA) is 78.9 Å². The standard InChI is InChI=1S/C72H124O6/c1-4-7-10-13-16-19-22-24-26-28-30-32-34-35-36-38-39-41-43-45-47-50-53-56-59-62-65-71(74)77-68-69(67-76-70(73)64-61-58-55-52-49-21-18-15-12-9-6-3)78-72(75)66-63-60-57-54-51-48-46-44-42-40-37-33-31-29-27-25-23-20-17-14-11-8-5-2/h8,11,15,17-18,20,25,27,31,33,40,42,46,48,54,57,69H,4-7,9-10,12-14,16,19,21-24,26,28-30,32,34-39,41,43-45,47,49-53,55-56,58-68H2,1-3H3/b11-8-,18-15-,20-17-,27-25-,33-31-,42-40-,48-46-,57-54-. The van der Waals surface area contributed by atoms with E-state index in [2.05, 4.69) is 118 Å². The molecule has 0 N–H and O–H groups in total. The molecule has 0 saturated heterocycles. The molecule has 0 radical (unpaired) electrons. The van der Waals surface area contributed by atoms with Crippen molar-refractivity contribution in [3.05, 3.63) is 97.2 Å². The van der Waals surface area contributed by atoms with Crippen LogP contribution in [0.1, 0.15) is 323 Å². The van der Waals surface area contributed by atoms with Crippen molar-refractivity contribution in [2.75, 3.05) is 13.2 Å². The summed E-state index contributed by atoms with van der Waals surface area (Å²) < 4.78 is 16.9. The lowest BCUT2D eigenvalue weighted by atomic mass is 10.0. The van der Waals surface area contributed by atoms with Crippen LogP contribution < -0.4 is 0 Å². The maximum Gasteiger partial charge on any atom is 0.306 e. The Balaban J connectivity index is 4.32. The van der Waals surface area contributed by atoms with Gasteiger partial charge in [-0.2, -0.15) is 0 Å². The first-order valence-electron chi connectivity index (χ1n) is 33.2. The number of ether oxygens (including phenoxy) is 3. The second-order valence-corrected chi connectivity index (χ2v) is 22.0. The van der Waals surface area contributed by atoms with Gasteiger partial charge in [0.1, 0.15) is 13.2 Å². The first-order valence-corrected chi connectivity index (χ1v) is 33.2. The Hall–Kier alpha value is -3.67. The molecule has 0 fully saturated rings. The van der Waals surface area contributed by atoms with Crippen molar-refractivity contribution in [3.63, 3.8) is 0 Å². The fraction of sp³-hybridized carbons (Fsp3) is 0.736. The van der Waals surface area contributed by atoms with Gasteiger partial charge in [-0.3, -0.25) is 14.4 Å². The second-order valence-electron chi connectivity index (χ2n) is 22.0. The highest BCUT2D eigenvalue weighted by Crippen LogP contribution is 2.17. The Morgan fingerprint density at radius 3 is 0.872 bits per heavy atom. The molecule has 0 aliphatic carbocycles. The molecule has 0 spiro atoms. The van der Waals surface area contributed by atoms with Gasteiger partial charge in [0.05, 0.1) is 0 Å². The van der Waals surface area contributed by atoms with Crippen molar-refractivity contribution in [3.8, 4) is 0 Å². The smallest absolute Gasteiger partial charge is 0.306 e. The maximum atomic E-state index is 12.9. The minimum Gasteiger partial charge on any atom is -0.462 e. The summed E-state index contributed by atoms with van der Waals surface area (Å²) in [6.45, 7) is 6.47. The number of hydrogen-bond donors (Lipinski definition) is 0. The summed E-state index contributed by atoms with van der Waals surface area (Å²) >= 11 is 0. The Bertz CT molecular complexity index is 1530. The normalized spacial score (nSPS) is 12.7. The Morgan fingerprint density at radius 1 is 0.269 bits per heavy atom. The van der Waals surface area contributed by atoms with Gasteiger partial charge in [-0.15, -0.1) is 0 Å². The molecule has 1 unspecified atom stereocenters. The second kappa shape index (κ2) is 65.8. The molecule has 0 rings (SSSR count). The summed E-state index contributed by atoms with van der Waals surface area (Å²) in [5.74, 6) is -0.961. The molecule has 0 aromatic carbocycles. The van der Waals surface area contributed by atoms with E-state index in [-0.39, 0.29) is 37.5 Å². The number of rotatable bonds is 60. The minimum atomic E-state index is -0.812. The third kappa shape index (κ3) is 63.2. The van der Waals surface area contributed by atoms with Crippen LogP contribution in [0.15, 0.2) is 97.2 Å². The van der Waals surface area contributed by atoms with E-state index in [0.29, 0.717) is 19.3 Å². The van der Waals surface area contributed by atoms with Crippen molar-refractivity contribution in [2.24, 2.45) is 0 Å². The van der Waals surface area contributed by atoms with Crippen LogP contribution in [0.4, 0.5) is 0 Å². The number of hydrogen-bond acceptors (Lipinski definition) is 6. The highest BCUT2D eigenvalue weighted by atomic mass is 16.6. The van der Waals surface area contributed by atoms with E-state index in [9.17, 15) is 14.4 Å². The van der Waals surface area contributed by atoms with Crippen molar-refractivity contribution in [2.45, 2.75) is 329 Å². The number of carbonyl (C=O) groups excluding carboxylic acids is 3. The predicted octanol–water partition coefficient (Wildman–Crippen LogP) is 22.8. The van der Waals surface area contributed by atoms with Crippen LogP contribution >= 0.6 is 0 Å². The molecule has 6 heteroatoms. The van der Waals surface area contributed by atoms with Gasteiger partial charge < -0.3 is 14.2 Å². The van der Waals surface area contributed by atoms with Crippen LogP contribution in [-0.2, 0) is 28.6 Å². The van der Waals surface area contributed by atoms with E-state index in [4.69, 9.17) is 14.2 Å². The summed E-state index contributed by atoms with van der Waals surface area (Å²) in [6, 6.07) is 0. The number of esters is 3. The van der Waals surface area contributed by atoms with E-state index in [1.807, 2.05) is 0 Å². The zero-order valence-electron chi connectivity index (χ0n) is 51.4. The lowest BCUT2D eigenvalue weighted by Gasteiger charge is -2.18. The van der Waals surface area contributed by atoms with Gasteiger partial charge in [0.15, 0.2) is 6.10 Å². The van der Waals surface area contributed by atoms with E-state index < -0.39 is 6.10 Å². The van der Waals surface area contributed by atoms with Crippen LogP contribution in [0.5, 0.6) is 0 Å². The SMILES string of the molecule is CC/C=C\C/C=C\C/C=C\C/C=C\C/C=C\C/C=C\C/C=C\CCCC(=O)OC(COC(=O)CCCCCCC/C=C\CCCC)COC(=O)CCCCCCCCCCCCCCCCCCCCCCCCCCCC. The third-order valence-corrected chi connectivity index (χ3v) is 14.3. The fourth-order valence-corrected chi connectivity index (χ4v) is 9.36. The van der Waals surface area contributed by atoms with Crippen molar-refractivity contribution in [1.82, 2.24) is 0 Å². The highest BCUT2D eigenvalue weighted by molar-refractivity contribution is 5.71. The van der Waals surface area contributed by atoms with Crippen LogP contribution in [-0.4, -0.2) is 37.2 Å². The number of unbranched alkanes of at least 4 members (excludes halogenated alkanes) is 33. The van der Waals surface area contributed by atoms with Gasteiger partial charge in [-0.1, -0.05) is 311 Å². The third-order valence-electron chi connectivity index (χ3n) is 14.3. The Morgan fingerprint density at radius 2 is 0.526 bits per heavy atom. The predicted molar refractivity (Wildman–Crippen MR) is 339 cm³/mol. The molecule has 448 valence electrons. The average Bonchev–Trinajstić information content (AvgIpc) is 3.44. The molecule has 0 aliphatic heterocycles. The summed E-state index contributed by atoms with van der Waals surface area (Å²) in [4.78, 5) is 38.3. The molecule has 0 aromatic heterocycles. The van der Waals surface area contributed by atoms with Crippen molar-refractivity contribution >= 4 is 17.9 Å². The zero-order chi connectivity index (χ0) is 56.4. The fourth-order valence-electron chi connectivity index (χ4n) is 9.36. The Kier molecular flexibility index (Phi) is 62.7. The maximum absolute atomic E-state index is 12.9. The van der Waals surface area contributed by atoms with E-state index in [1.54, 1.807) is 0 Å². The Labute approximate surface area is 483 Å². The van der Waals surface area contributed by atoms with Gasteiger partial charge >= 0.3 is 17.9 Å². The van der Waals surface area contributed by atoms with Crippen LogP contribution in [0.2, 0.25) is 0 Å². The van der Waals surface area contributed by atoms with Crippen LogP contribution in [0.25, 0.3) is 0 Å². The summed E-state index contributed by atoms with van der Waals surface area (Å²) in [6.07, 6.45) is 88.7. The summed E-state index contributed by atoms with van der Waals surface area (Å²) in [5.41, 5.74) is 0. The largest absolute Gasteiger partial charge is 0.462 e. The van der Waals surface area contributed by atoms with Gasteiger partial charge in [-0.05, 0) is 89.9 Å². The minimum absolute atomic E-state index is 0.101. The monoisotopic (exact) mass is 1080 g/mol. The number of allylic oxidation sites excluding steroid dienone is 16. The van der Waals surface area contributed by atoms with Gasteiger partial charge in [0.25, 0.3) is 0 Å². The molecule has 0 aliphatic rings. The van der Waals surface area contributed by atoms with E-state index >= 15 is 0 Å². The molecule has 0 heterocycles. The molecular weight excluding hydrogens is 961 g/mol. The summed E-state index contributed by atoms with van der Waals surface area (Å²) in [7, 11) is 0. The quantitative estimate of drug-likeness (QED) is 0.0261. The lowest BCUT2D eigenvalue weighted by molar-refractivity contribution is -0.167.